The van der Waals surface area contributed by atoms with E-state index >= 15 is 0 Å². The molecule has 9 nitrogen and oxygen atoms in total. The second-order valence-electron chi connectivity index (χ2n) is 7.85. The predicted octanol–water partition coefficient (Wildman–Crippen LogP) is 1.44. The number of hydrogen-bond acceptors (Lipinski definition) is 7. The number of amides is 2. The molecule has 1 aliphatic heterocycles. The second kappa shape index (κ2) is 14.1. The number of halogens is 3. The van der Waals surface area contributed by atoms with Gasteiger partial charge in [-0.1, -0.05) is 0 Å². The van der Waals surface area contributed by atoms with Gasteiger partial charge >= 0.3 is 6.18 Å². The number of carbonyl (C=O) groups excluding carboxylic acids is 2. The van der Waals surface area contributed by atoms with E-state index in [1.165, 1.54) is 13.2 Å². The molecule has 12 heteroatoms. The van der Waals surface area contributed by atoms with Crippen LogP contribution in [-0.2, 0) is 25.2 Å². The zero-order valence-corrected chi connectivity index (χ0v) is 19.6. The quantitative estimate of drug-likeness (QED) is 0.405. The van der Waals surface area contributed by atoms with Crippen molar-refractivity contribution in [3.63, 3.8) is 0 Å². The van der Waals surface area contributed by atoms with E-state index in [4.69, 9.17) is 14.2 Å². The summed E-state index contributed by atoms with van der Waals surface area (Å²) in [5.41, 5.74) is -0.921. The highest BCUT2D eigenvalue weighted by atomic mass is 19.4. The van der Waals surface area contributed by atoms with Crippen LogP contribution in [-0.4, -0.2) is 101 Å². The summed E-state index contributed by atoms with van der Waals surface area (Å²) in [6, 6.07) is 2.96. The maximum atomic E-state index is 13.1. The second-order valence-corrected chi connectivity index (χ2v) is 7.85. The van der Waals surface area contributed by atoms with Gasteiger partial charge < -0.3 is 24.8 Å². The molecule has 1 fully saturated rings. The Morgan fingerprint density at radius 2 is 1.56 bits per heavy atom. The largest absolute Gasteiger partial charge is 0.489 e. The first-order valence-corrected chi connectivity index (χ1v) is 11.1. The van der Waals surface area contributed by atoms with Crippen molar-refractivity contribution in [1.29, 1.82) is 0 Å². The van der Waals surface area contributed by atoms with E-state index in [1.807, 2.05) is 9.80 Å². The van der Waals surface area contributed by atoms with Crippen LogP contribution in [0.25, 0.3) is 0 Å². The standard InChI is InChI=1S/C22H33F3N4O5/c1-32-11-3-6-26-20(30)15-28-7-9-29(10-8-28)16-21(31)27-18-14-17(22(23,24)25)4-5-19(18)34-13-12-33-2/h4-5,14H,3,6-13,15-16H2,1-2H3,(H,26,30)(H,27,31). The van der Waals surface area contributed by atoms with Gasteiger partial charge in [0.1, 0.15) is 12.4 Å². The summed E-state index contributed by atoms with van der Waals surface area (Å²) in [6.45, 7) is 4.15. The van der Waals surface area contributed by atoms with Crippen molar-refractivity contribution in [3.05, 3.63) is 23.8 Å². The number of carbonyl (C=O) groups is 2. The number of benzene rings is 1. The molecule has 1 aromatic rings. The molecule has 0 radical (unpaired) electrons. The highest BCUT2D eigenvalue weighted by Gasteiger charge is 2.31. The normalized spacial score (nSPS) is 15.2. The highest BCUT2D eigenvalue weighted by molar-refractivity contribution is 5.93. The first kappa shape index (κ1) is 27.8. The summed E-state index contributed by atoms with van der Waals surface area (Å²) in [6.07, 6.45) is -3.80. The third-order valence-corrected chi connectivity index (χ3v) is 5.17. The fourth-order valence-electron chi connectivity index (χ4n) is 3.37. The molecule has 0 aromatic heterocycles. The zero-order chi connectivity index (χ0) is 25.0. The predicted molar refractivity (Wildman–Crippen MR) is 120 cm³/mol. The van der Waals surface area contributed by atoms with Gasteiger partial charge in [-0.25, -0.2) is 0 Å². The highest BCUT2D eigenvalue weighted by Crippen LogP contribution is 2.35. The number of nitrogens with zero attached hydrogens (tertiary/aromatic N) is 2. The molecule has 1 aromatic carbocycles. The number of nitrogens with one attached hydrogen (secondary N) is 2. The molecule has 0 atom stereocenters. The molecule has 192 valence electrons. The molecule has 0 bridgehead atoms. The van der Waals surface area contributed by atoms with Crippen molar-refractivity contribution < 1.29 is 37.0 Å². The first-order chi connectivity index (χ1) is 16.2. The lowest BCUT2D eigenvalue weighted by Crippen LogP contribution is -2.51. The summed E-state index contributed by atoms with van der Waals surface area (Å²) in [4.78, 5) is 28.4. The van der Waals surface area contributed by atoms with Crippen molar-refractivity contribution >= 4 is 17.5 Å². The van der Waals surface area contributed by atoms with E-state index < -0.39 is 17.6 Å². The van der Waals surface area contributed by atoms with Gasteiger partial charge in [-0.15, -0.1) is 0 Å². The van der Waals surface area contributed by atoms with Crippen LogP contribution in [0.4, 0.5) is 18.9 Å². The Balaban J connectivity index is 1.84. The molecule has 2 rings (SSSR count). The number of anilines is 1. The number of methoxy groups -OCH3 is 2. The fraction of sp³-hybridized carbons (Fsp3) is 0.636. The van der Waals surface area contributed by atoms with Crippen molar-refractivity contribution in [2.75, 3.05) is 85.2 Å². The van der Waals surface area contributed by atoms with Crippen LogP contribution in [0.2, 0.25) is 0 Å². The molecule has 0 spiro atoms. The van der Waals surface area contributed by atoms with E-state index in [0.29, 0.717) is 39.3 Å². The molecule has 0 saturated carbocycles. The van der Waals surface area contributed by atoms with Crippen molar-refractivity contribution in [1.82, 2.24) is 15.1 Å². The molecule has 0 unspecified atom stereocenters. The van der Waals surface area contributed by atoms with Crippen molar-refractivity contribution in [2.45, 2.75) is 12.6 Å². The first-order valence-electron chi connectivity index (χ1n) is 11.1. The summed E-state index contributed by atoms with van der Waals surface area (Å²) >= 11 is 0. The van der Waals surface area contributed by atoms with Crippen molar-refractivity contribution in [3.8, 4) is 5.75 Å². The Hall–Kier alpha value is -2.41. The Labute approximate surface area is 197 Å². The van der Waals surface area contributed by atoms with Crippen molar-refractivity contribution in [2.24, 2.45) is 0 Å². The average Bonchev–Trinajstić information content (AvgIpc) is 2.78. The van der Waals surface area contributed by atoms with E-state index in [0.717, 1.165) is 18.6 Å². The van der Waals surface area contributed by atoms with Gasteiger partial charge in [0.15, 0.2) is 0 Å². The van der Waals surface area contributed by atoms with Gasteiger partial charge in [0.25, 0.3) is 0 Å². The number of alkyl halides is 3. The van der Waals surface area contributed by atoms with Gasteiger partial charge in [-0.05, 0) is 24.6 Å². The lowest BCUT2D eigenvalue weighted by Gasteiger charge is -2.33. The summed E-state index contributed by atoms with van der Waals surface area (Å²) < 4.78 is 54.7. The van der Waals surface area contributed by atoms with Gasteiger partial charge in [-0.3, -0.25) is 19.4 Å². The van der Waals surface area contributed by atoms with Gasteiger partial charge in [0.05, 0.1) is 30.9 Å². The Morgan fingerprint density at radius 3 is 2.15 bits per heavy atom. The van der Waals surface area contributed by atoms with E-state index in [1.54, 1.807) is 7.11 Å². The molecule has 1 aliphatic rings. The third-order valence-electron chi connectivity index (χ3n) is 5.17. The monoisotopic (exact) mass is 490 g/mol. The molecule has 0 aliphatic carbocycles. The van der Waals surface area contributed by atoms with Crippen LogP contribution < -0.4 is 15.4 Å². The smallest absolute Gasteiger partial charge is 0.416 e. The summed E-state index contributed by atoms with van der Waals surface area (Å²) in [7, 11) is 3.09. The van der Waals surface area contributed by atoms with Crippen LogP contribution in [0.5, 0.6) is 5.75 Å². The molecular weight excluding hydrogens is 457 g/mol. The SMILES string of the molecule is COCCCNC(=O)CN1CCN(CC(=O)Nc2cc(C(F)(F)F)ccc2OCCOC)CC1. The van der Waals surface area contributed by atoms with Crippen LogP contribution in [0.15, 0.2) is 18.2 Å². The summed E-state index contributed by atoms with van der Waals surface area (Å²) in [5.74, 6) is -0.368. The minimum absolute atomic E-state index is 0.0187. The maximum Gasteiger partial charge on any atom is 0.416 e. The van der Waals surface area contributed by atoms with Crippen LogP contribution in [0.1, 0.15) is 12.0 Å². The molecule has 1 heterocycles. The molecular formula is C22H33F3N4O5. The number of rotatable bonds is 13. The lowest BCUT2D eigenvalue weighted by atomic mass is 10.1. The Morgan fingerprint density at radius 1 is 0.941 bits per heavy atom. The van der Waals surface area contributed by atoms with Gasteiger partial charge in [0.2, 0.25) is 11.8 Å². The molecule has 2 N–H and O–H groups in total. The topological polar surface area (TPSA) is 92.4 Å². The van der Waals surface area contributed by atoms with Gasteiger partial charge in [0, 0.05) is 53.6 Å². The minimum atomic E-state index is -4.54. The Kier molecular flexibility index (Phi) is 11.5. The van der Waals surface area contributed by atoms with Gasteiger partial charge in [-0.2, -0.15) is 13.2 Å². The average molecular weight is 491 g/mol. The maximum absolute atomic E-state index is 13.1. The molecule has 1 saturated heterocycles. The zero-order valence-electron chi connectivity index (χ0n) is 19.6. The summed E-state index contributed by atoms with van der Waals surface area (Å²) in [5, 5.41) is 5.38. The molecule has 2 amide bonds. The van der Waals surface area contributed by atoms with E-state index in [-0.39, 0.29) is 43.6 Å². The van der Waals surface area contributed by atoms with E-state index in [9.17, 15) is 22.8 Å². The molecule has 34 heavy (non-hydrogen) atoms. The number of ether oxygens (including phenoxy) is 3. The Bertz CT molecular complexity index is 786. The fourth-order valence-corrected chi connectivity index (χ4v) is 3.37. The van der Waals surface area contributed by atoms with Crippen LogP contribution in [0.3, 0.4) is 0 Å². The van der Waals surface area contributed by atoms with Crippen LogP contribution in [0, 0.1) is 0 Å². The number of hydrogen-bond donors (Lipinski definition) is 2. The minimum Gasteiger partial charge on any atom is -0.489 e. The van der Waals surface area contributed by atoms with E-state index in [2.05, 4.69) is 10.6 Å². The lowest BCUT2D eigenvalue weighted by molar-refractivity contribution is -0.137. The van der Waals surface area contributed by atoms with Crippen LogP contribution >= 0.6 is 0 Å². The third kappa shape index (κ3) is 9.84. The number of piperazine rings is 1.